The third-order valence-electron chi connectivity index (χ3n) is 5.05. The van der Waals surface area contributed by atoms with Gasteiger partial charge in [-0.3, -0.25) is 5.10 Å². The third kappa shape index (κ3) is 3.06. The summed E-state index contributed by atoms with van der Waals surface area (Å²) in [5.41, 5.74) is 9.31. The number of H-pyrrole nitrogens is 1. The van der Waals surface area contributed by atoms with Crippen LogP contribution in [0.4, 0.5) is 0 Å². The first kappa shape index (κ1) is 19.2. The molecule has 0 spiro atoms. The van der Waals surface area contributed by atoms with Crippen LogP contribution in [0.3, 0.4) is 0 Å². The molecule has 0 bridgehead atoms. The molecule has 30 heavy (non-hydrogen) atoms. The second-order valence-electron chi connectivity index (χ2n) is 6.58. The number of methoxy groups -OCH3 is 3. The molecular weight excluding hydrogens is 384 g/mol. The van der Waals surface area contributed by atoms with Crippen LogP contribution in [0.25, 0.3) is 11.3 Å². The number of ether oxygens (including phenoxy) is 4. The molecule has 152 valence electrons. The van der Waals surface area contributed by atoms with Crippen molar-refractivity contribution in [2.45, 2.75) is 5.92 Å². The topological polar surface area (TPSA) is 115 Å². The molecule has 4 rings (SSSR count). The molecule has 8 heteroatoms. The molecule has 0 saturated heterocycles. The number of aromatic amines is 1. The van der Waals surface area contributed by atoms with Crippen LogP contribution in [-0.4, -0.2) is 31.5 Å². The van der Waals surface area contributed by atoms with Gasteiger partial charge in [0.1, 0.15) is 28.9 Å². The number of hydrogen-bond acceptors (Lipinski definition) is 7. The molecule has 0 aliphatic carbocycles. The van der Waals surface area contributed by atoms with Crippen molar-refractivity contribution in [2.24, 2.45) is 5.73 Å². The molecule has 0 radical (unpaired) electrons. The Bertz CT molecular complexity index is 1180. The van der Waals surface area contributed by atoms with Gasteiger partial charge in [-0.25, -0.2) is 0 Å². The molecule has 8 nitrogen and oxygen atoms in total. The number of rotatable bonds is 5. The highest BCUT2D eigenvalue weighted by molar-refractivity contribution is 5.72. The molecule has 1 aliphatic rings. The molecule has 3 N–H and O–H groups in total. The maximum absolute atomic E-state index is 9.88. The summed E-state index contributed by atoms with van der Waals surface area (Å²) in [4.78, 5) is 0. The molecule has 2 heterocycles. The summed E-state index contributed by atoms with van der Waals surface area (Å²) in [7, 11) is 4.75. The van der Waals surface area contributed by atoms with E-state index in [0.29, 0.717) is 34.4 Å². The van der Waals surface area contributed by atoms with Gasteiger partial charge in [0.2, 0.25) is 11.8 Å². The Morgan fingerprint density at radius 2 is 1.83 bits per heavy atom. The largest absolute Gasteiger partial charge is 0.497 e. The van der Waals surface area contributed by atoms with Gasteiger partial charge in [0, 0.05) is 17.2 Å². The lowest BCUT2D eigenvalue weighted by atomic mass is 9.82. The van der Waals surface area contributed by atoms with E-state index in [-0.39, 0.29) is 11.5 Å². The molecule has 0 unspecified atom stereocenters. The van der Waals surface area contributed by atoms with Crippen molar-refractivity contribution in [1.82, 2.24) is 10.2 Å². The van der Waals surface area contributed by atoms with Gasteiger partial charge >= 0.3 is 0 Å². The standard InChI is InChI=1S/C22H20N4O4/c1-27-13-6-4-5-12(9-13)20-19-18(15-8-7-14(28-2)10-17(15)29-3)16(11-23)21(24)30-22(19)26-25-20/h4-10,18H,24H2,1-3H3,(H,25,26)/t18-/m1/s1. The highest BCUT2D eigenvalue weighted by atomic mass is 16.5. The van der Waals surface area contributed by atoms with Gasteiger partial charge in [0.15, 0.2) is 0 Å². The van der Waals surface area contributed by atoms with Gasteiger partial charge in [-0.2, -0.15) is 5.26 Å². The minimum Gasteiger partial charge on any atom is -0.497 e. The number of nitrogens with zero attached hydrogens (tertiary/aromatic N) is 2. The Morgan fingerprint density at radius 3 is 2.53 bits per heavy atom. The molecule has 0 fully saturated rings. The monoisotopic (exact) mass is 404 g/mol. The maximum atomic E-state index is 9.88. The molecule has 3 aromatic rings. The van der Waals surface area contributed by atoms with Crippen molar-refractivity contribution >= 4 is 0 Å². The summed E-state index contributed by atoms with van der Waals surface area (Å²) in [5, 5.41) is 17.2. The zero-order valence-electron chi connectivity index (χ0n) is 16.7. The van der Waals surface area contributed by atoms with Crippen molar-refractivity contribution in [3.05, 3.63) is 65.0 Å². The third-order valence-corrected chi connectivity index (χ3v) is 5.05. The summed E-state index contributed by atoms with van der Waals surface area (Å²) in [6, 6.07) is 15.1. The van der Waals surface area contributed by atoms with Crippen molar-refractivity contribution in [1.29, 1.82) is 5.26 Å². The van der Waals surface area contributed by atoms with Crippen molar-refractivity contribution in [2.75, 3.05) is 21.3 Å². The Morgan fingerprint density at radius 1 is 1.07 bits per heavy atom. The molecule has 2 aromatic carbocycles. The van der Waals surface area contributed by atoms with E-state index in [4.69, 9.17) is 24.7 Å². The van der Waals surface area contributed by atoms with Crippen LogP contribution in [-0.2, 0) is 0 Å². The zero-order chi connectivity index (χ0) is 21.3. The number of allylic oxidation sites excluding steroid dienone is 1. The van der Waals surface area contributed by atoms with Crippen LogP contribution in [0, 0.1) is 11.3 Å². The second kappa shape index (κ2) is 7.72. The quantitative estimate of drug-likeness (QED) is 0.670. The summed E-state index contributed by atoms with van der Waals surface area (Å²) in [6.45, 7) is 0. The van der Waals surface area contributed by atoms with Gasteiger partial charge in [0.25, 0.3) is 0 Å². The lowest BCUT2D eigenvalue weighted by Crippen LogP contribution is -2.21. The predicted molar refractivity (Wildman–Crippen MR) is 109 cm³/mol. The van der Waals surface area contributed by atoms with Crippen molar-refractivity contribution < 1.29 is 18.9 Å². The van der Waals surface area contributed by atoms with Crippen molar-refractivity contribution in [3.63, 3.8) is 0 Å². The van der Waals surface area contributed by atoms with Gasteiger partial charge in [-0.15, -0.1) is 5.10 Å². The average Bonchev–Trinajstić information content (AvgIpc) is 3.21. The van der Waals surface area contributed by atoms with E-state index in [0.717, 1.165) is 11.1 Å². The first-order valence-corrected chi connectivity index (χ1v) is 9.13. The van der Waals surface area contributed by atoms with Crippen LogP contribution >= 0.6 is 0 Å². The minimum atomic E-state index is -0.542. The van der Waals surface area contributed by atoms with E-state index < -0.39 is 5.92 Å². The molecule has 0 amide bonds. The highest BCUT2D eigenvalue weighted by Gasteiger charge is 2.37. The van der Waals surface area contributed by atoms with E-state index in [1.54, 1.807) is 27.4 Å². The van der Waals surface area contributed by atoms with E-state index >= 15 is 0 Å². The SMILES string of the molecule is COc1cccc(-c2[nH]nc3c2[C@H](c2ccc(OC)cc2OC)C(C#N)=C(N)O3)c1. The number of nitriles is 1. The van der Waals surface area contributed by atoms with Crippen LogP contribution in [0.1, 0.15) is 17.0 Å². The van der Waals surface area contributed by atoms with E-state index in [1.165, 1.54) is 0 Å². The Kier molecular flexibility index (Phi) is 4.94. The summed E-state index contributed by atoms with van der Waals surface area (Å²) >= 11 is 0. The average molecular weight is 404 g/mol. The Labute approximate surface area is 173 Å². The second-order valence-corrected chi connectivity index (χ2v) is 6.58. The first-order chi connectivity index (χ1) is 14.6. The fraction of sp³-hybridized carbons (Fsp3) is 0.182. The van der Waals surface area contributed by atoms with Crippen LogP contribution in [0.5, 0.6) is 23.1 Å². The molecule has 1 aromatic heterocycles. The van der Waals surface area contributed by atoms with Crippen LogP contribution < -0.4 is 24.7 Å². The van der Waals surface area contributed by atoms with Crippen LogP contribution in [0.2, 0.25) is 0 Å². The molecule has 1 atom stereocenters. The number of benzene rings is 2. The van der Waals surface area contributed by atoms with E-state index in [9.17, 15) is 5.26 Å². The smallest absolute Gasteiger partial charge is 0.244 e. The lowest BCUT2D eigenvalue weighted by Gasteiger charge is -2.25. The fourth-order valence-electron chi connectivity index (χ4n) is 3.61. The fourth-order valence-corrected chi connectivity index (χ4v) is 3.61. The Balaban J connectivity index is 1.96. The summed E-state index contributed by atoms with van der Waals surface area (Å²) in [6.07, 6.45) is 0. The number of aromatic nitrogens is 2. The number of nitrogens with two attached hydrogens (primary N) is 1. The molecule has 1 aliphatic heterocycles. The predicted octanol–water partition coefficient (Wildman–Crippen LogP) is 3.32. The maximum Gasteiger partial charge on any atom is 0.244 e. The molecular formula is C22H20N4O4. The van der Waals surface area contributed by atoms with E-state index in [2.05, 4.69) is 16.3 Å². The van der Waals surface area contributed by atoms with Gasteiger partial charge in [-0.05, 0) is 18.2 Å². The number of hydrogen-bond donors (Lipinski definition) is 2. The number of nitrogens with one attached hydrogen (secondary N) is 1. The first-order valence-electron chi connectivity index (χ1n) is 9.13. The van der Waals surface area contributed by atoms with Crippen molar-refractivity contribution in [3.8, 4) is 40.5 Å². The van der Waals surface area contributed by atoms with Gasteiger partial charge in [-0.1, -0.05) is 18.2 Å². The Hall–Kier alpha value is -4.12. The normalized spacial score (nSPS) is 15.1. The highest BCUT2D eigenvalue weighted by Crippen LogP contribution is 2.48. The van der Waals surface area contributed by atoms with Crippen LogP contribution in [0.15, 0.2) is 53.9 Å². The minimum absolute atomic E-state index is 0.0107. The van der Waals surface area contributed by atoms with Gasteiger partial charge in [0.05, 0.1) is 38.5 Å². The molecule has 0 saturated carbocycles. The number of fused-ring (bicyclic) bond motifs is 1. The zero-order valence-corrected chi connectivity index (χ0v) is 16.7. The summed E-state index contributed by atoms with van der Waals surface area (Å²) in [5.74, 6) is 1.68. The van der Waals surface area contributed by atoms with Gasteiger partial charge < -0.3 is 24.7 Å². The lowest BCUT2D eigenvalue weighted by molar-refractivity contribution is 0.373. The van der Waals surface area contributed by atoms with E-state index in [1.807, 2.05) is 36.4 Å². The summed E-state index contributed by atoms with van der Waals surface area (Å²) < 4.78 is 21.9.